The Kier molecular flexibility index (Phi) is 6.59. The van der Waals surface area contributed by atoms with Crippen molar-refractivity contribution in [3.8, 4) is 0 Å². The number of anilines is 2. The lowest BCUT2D eigenvalue weighted by Gasteiger charge is -2.32. The Balaban J connectivity index is 1.34. The van der Waals surface area contributed by atoms with Crippen LogP contribution < -0.4 is 15.2 Å². The zero-order valence-corrected chi connectivity index (χ0v) is 25.7. The largest absolute Gasteiger partial charge is 0.450 e. The summed E-state index contributed by atoms with van der Waals surface area (Å²) >= 11 is 8.96. The monoisotopic (exact) mass is 648 g/mol. The van der Waals surface area contributed by atoms with E-state index in [1.54, 1.807) is 29.2 Å². The minimum absolute atomic E-state index is 0.0519. The first kappa shape index (κ1) is 27.8. The molecule has 8 rings (SSSR count). The van der Waals surface area contributed by atoms with E-state index < -0.39 is 22.8 Å². The van der Waals surface area contributed by atoms with Gasteiger partial charge in [-0.25, -0.2) is 0 Å². The highest BCUT2D eigenvalue weighted by Gasteiger charge is 2.66. The second-order valence-electron chi connectivity index (χ2n) is 10.6. The summed E-state index contributed by atoms with van der Waals surface area (Å²) in [6.07, 6.45) is 0. The summed E-state index contributed by atoms with van der Waals surface area (Å²) in [4.78, 5) is 46.9. The van der Waals surface area contributed by atoms with Crippen LogP contribution in [0.25, 0.3) is 11.0 Å². The molecule has 0 saturated heterocycles. The molecule has 6 aromatic rings. The number of benzene rings is 4. The molecule has 2 amide bonds. The molecule has 45 heavy (non-hydrogen) atoms. The van der Waals surface area contributed by atoms with Crippen molar-refractivity contribution in [2.75, 3.05) is 9.80 Å². The number of thioether (sulfide) groups is 1. The zero-order chi connectivity index (χ0) is 30.7. The van der Waals surface area contributed by atoms with E-state index in [9.17, 15) is 9.59 Å². The van der Waals surface area contributed by atoms with Crippen molar-refractivity contribution in [2.24, 2.45) is 0 Å². The van der Waals surface area contributed by atoms with Gasteiger partial charge in [-0.2, -0.15) is 0 Å². The van der Waals surface area contributed by atoms with Crippen molar-refractivity contribution >= 4 is 68.3 Å². The van der Waals surface area contributed by atoms with Gasteiger partial charge >= 0.3 is 0 Å². The molecule has 4 aromatic carbocycles. The van der Waals surface area contributed by atoms with Gasteiger partial charge in [-0.05, 0) is 35.4 Å². The summed E-state index contributed by atoms with van der Waals surface area (Å²) in [5, 5.41) is 9.48. The number of carbonyl (C=O) groups excluding carboxylic acids is 2. The van der Waals surface area contributed by atoms with E-state index in [-0.39, 0.29) is 34.0 Å². The fourth-order valence-electron chi connectivity index (χ4n) is 6.13. The standard InChI is InChI=1S/C34H21ClN4O4S2/c35-22-15-16-26-23(17-22)28(40)27-29(43-26)30(41)39(32-36-37-33(45-32)44-19-21-11-5-2-6-12-21)34(27)24-13-7-8-14-25(24)38(31(34)42)18-20-9-3-1-4-10-20/h1-17H,18-19H2. The van der Waals surface area contributed by atoms with Gasteiger partial charge in [-0.3, -0.25) is 19.3 Å². The maximum atomic E-state index is 15.0. The quantitative estimate of drug-likeness (QED) is 0.141. The highest BCUT2D eigenvalue weighted by molar-refractivity contribution is 8.00. The van der Waals surface area contributed by atoms with Gasteiger partial charge in [0.15, 0.2) is 15.3 Å². The van der Waals surface area contributed by atoms with Crippen LogP contribution in [-0.2, 0) is 22.6 Å². The molecule has 8 nitrogen and oxygen atoms in total. The first-order valence-electron chi connectivity index (χ1n) is 14.0. The predicted octanol–water partition coefficient (Wildman–Crippen LogP) is 7.04. The molecule has 4 heterocycles. The molecule has 0 radical (unpaired) electrons. The summed E-state index contributed by atoms with van der Waals surface area (Å²) in [7, 11) is 0. The molecule has 1 unspecified atom stereocenters. The summed E-state index contributed by atoms with van der Waals surface area (Å²) in [6, 6.07) is 31.4. The fourth-order valence-corrected chi connectivity index (χ4v) is 8.15. The van der Waals surface area contributed by atoms with E-state index >= 15 is 4.79 Å². The summed E-state index contributed by atoms with van der Waals surface area (Å²) in [5.74, 6) is -0.650. The third-order valence-electron chi connectivity index (χ3n) is 8.06. The molecule has 0 N–H and O–H groups in total. The van der Waals surface area contributed by atoms with Crippen LogP contribution >= 0.6 is 34.7 Å². The van der Waals surface area contributed by atoms with Gasteiger partial charge in [0.25, 0.3) is 11.8 Å². The van der Waals surface area contributed by atoms with Crippen molar-refractivity contribution in [3.63, 3.8) is 0 Å². The number of halogens is 1. The van der Waals surface area contributed by atoms with Crippen molar-refractivity contribution in [1.29, 1.82) is 0 Å². The Hall–Kier alpha value is -4.77. The van der Waals surface area contributed by atoms with Crippen LogP contribution in [0.3, 0.4) is 0 Å². The molecule has 1 spiro atoms. The number of hydrogen-bond donors (Lipinski definition) is 0. The lowest BCUT2D eigenvalue weighted by Crippen LogP contribution is -2.53. The first-order valence-corrected chi connectivity index (χ1v) is 16.2. The van der Waals surface area contributed by atoms with Crippen LogP contribution in [0.4, 0.5) is 10.8 Å². The maximum absolute atomic E-state index is 15.0. The van der Waals surface area contributed by atoms with Gasteiger partial charge in [-0.1, -0.05) is 114 Å². The Morgan fingerprint density at radius 2 is 1.56 bits per heavy atom. The number of fused-ring (bicyclic) bond motifs is 5. The fraction of sp³-hybridized carbons (Fsp3) is 0.0882. The van der Waals surface area contributed by atoms with E-state index in [0.29, 0.717) is 26.4 Å². The van der Waals surface area contributed by atoms with Gasteiger partial charge in [0, 0.05) is 16.3 Å². The Labute approximate surface area is 269 Å². The number of nitrogens with zero attached hydrogens (tertiary/aromatic N) is 4. The molecule has 0 aliphatic carbocycles. The van der Waals surface area contributed by atoms with Crippen molar-refractivity contribution in [3.05, 3.63) is 146 Å². The first-order chi connectivity index (χ1) is 22.0. The minimum Gasteiger partial charge on any atom is -0.450 e. The topological polar surface area (TPSA) is 96.6 Å². The number of carbonyl (C=O) groups is 2. The van der Waals surface area contributed by atoms with Gasteiger partial charge in [0.05, 0.1) is 23.2 Å². The van der Waals surface area contributed by atoms with E-state index in [4.69, 9.17) is 16.0 Å². The smallest absolute Gasteiger partial charge is 0.297 e. The third-order valence-corrected chi connectivity index (χ3v) is 10.4. The SMILES string of the molecule is O=C1c2oc3ccc(Cl)cc3c(=O)c2C2(C(=O)N(Cc3ccccc3)c3ccccc32)N1c1nnc(SCc2ccccc2)s1. The van der Waals surface area contributed by atoms with Crippen LogP contribution in [-0.4, -0.2) is 22.0 Å². The molecule has 11 heteroatoms. The van der Waals surface area contributed by atoms with E-state index in [1.165, 1.54) is 34.1 Å². The average molecular weight is 649 g/mol. The van der Waals surface area contributed by atoms with Gasteiger partial charge in [-0.15, -0.1) is 10.2 Å². The molecule has 0 fully saturated rings. The molecule has 220 valence electrons. The number of aromatic nitrogens is 2. The van der Waals surface area contributed by atoms with Gasteiger partial charge < -0.3 is 9.32 Å². The second kappa shape index (κ2) is 10.7. The lowest BCUT2D eigenvalue weighted by molar-refractivity contribution is -0.121. The number of rotatable bonds is 6. The van der Waals surface area contributed by atoms with Crippen molar-refractivity contribution < 1.29 is 14.0 Å². The molecular weight excluding hydrogens is 628 g/mol. The molecular formula is C34H21ClN4O4S2. The molecule has 2 aliphatic rings. The zero-order valence-electron chi connectivity index (χ0n) is 23.3. The second-order valence-corrected chi connectivity index (χ2v) is 13.3. The van der Waals surface area contributed by atoms with Gasteiger partial charge in [0.2, 0.25) is 10.9 Å². The van der Waals surface area contributed by atoms with Crippen LogP contribution in [0.2, 0.25) is 5.02 Å². The average Bonchev–Trinajstić information content (AvgIpc) is 3.70. The van der Waals surface area contributed by atoms with Crippen LogP contribution in [0.1, 0.15) is 32.8 Å². The van der Waals surface area contributed by atoms with Crippen LogP contribution in [0, 0.1) is 0 Å². The number of para-hydroxylation sites is 1. The molecule has 2 aliphatic heterocycles. The number of hydrogen-bond acceptors (Lipinski definition) is 8. The van der Waals surface area contributed by atoms with Crippen molar-refractivity contribution in [1.82, 2.24) is 10.2 Å². The van der Waals surface area contributed by atoms with Crippen LogP contribution in [0.5, 0.6) is 0 Å². The highest BCUT2D eigenvalue weighted by atomic mass is 35.5. The van der Waals surface area contributed by atoms with E-state index in [0.717, 1.165) is 11.1 Å². The minimum atomic E-state index is -1.87. The molecule has 1 atom stereocenters. The Morgan fingerprint density at radius 1 is 0.844 bits per heavy atom. The summed E-state index contributed by atoms with van der Waals surface area (Å²) < 4.78 is 6.77. The molecule has 0 bridgehead atoms. The predicted molar refractivity (Wildman–Crippen MR) is 175 cm³/mol. The van der Waals surface area contributed by atoms with Gasteiger partial charge in [0.1, 0.15) is 5.58 Å². The molecule has 0 saturated carbocycles. The lowest BCUT2D eigenvalue weighted by atomic mass is 9.84. The van der Waals surface area contributed by atoms with Crippen molar-refractivity contribution in [2.45, 2.75) is 22.2 Å². The maximum Gasteiger partial charge on any atom is 0.297 e. The van der Waals surface area contributed by atoms with E-state index in [2.05, 4.69) is 10.2 Å². The normalized spacial score (nSPS) is 17.0. The summed E-state index contributed by atoms with van der Waals surface area (Å²) in [6.45, 7) is 0.231. The van der Waals surface area contributed by atoms with Crippen LogP contribution in [0.15, 0.2) is 117 Å². The highest BCUT2D eigenvalue weighted by Crippen LogP contribution is 2.55. The Bertz CT molecular complexity index is 2210. The molecule has 2 aromatic heterocycles. The Morgan fingerprint density at radius 3 is 2.33 bits per heavy atom. The third kappa shape index (κ3) is 4.24. The van der Waals surface area contributed by atoms with E-state index in [1.807, 2.05) is 72.8 Å². The summed E-state index contributed by atoms with van der Waals surface area (Å²) in [5.41, 5.74) is 0.853. The number of amides is 2.